The second-order valence-corrected chi connectivity index (χ2v) is 12.9. The number of thioether (sulfide) groups is 2. The smallest absolute Gasteiger partial charge is 0.321 e. The Morgan fingerprint density at radius 3 is 1.93 bits per heavy atom. The average molecular weight is 463 g/mol. The molecule has 0 radical (unpaired) electrons. The highest BCUT2D eigenvalue weighted by Crippen LogP contribution is 2.41. The van der Waals surface area contributed by atoms with Crippen molar-refractivity contribution in [2.24, 2.45) is 17.8 Å². The van der Waals surface area contributed by atoms with E-state index in [1.807, 2.05) is 0 Å². The van der Waals surface area contributed by atoms with Crippen LogP contribution in [0.15, 0.2) is 0 Å². The van der Waals surface area contributed by atoms with E-state index in [2.05, 4.69) is 13.8 Å². The van der Waals surface area contributed by atoms with E-state index in [-0.39, 0.29) is 10.2 Å². The second-order valence-electron chi connectivity index (χ2n) is 8.21. The van der Waals surface area contributed by atoms with E-state index in [1.54, 1.807) is 13.8 Å². The molecule has 170 valence electrons. The van der Waals surface area contributed by atoms with Crippen molar-refractivity contribution < 1.29 is 18.4 Å². The lowest BCUT2D eigenvalue weighted by atomic mass is 9.71. The highest BCUT2D eigenvalue weighted by Gasteiger charge is 2.30. The van der Waals surface area contributed by atoms with Crippen LogP contribution in [0.4, 0.5) is 0 Å². The molecule has 0 saturated heterocycles. The first-order valence-electron chi connectivity index (χ1n) is 11.5. The van der Waals surface area contributed by atoms with E-state index < -0.39 is 9.28 Å². The van der Waals surface area contributed by atoms with Gasteiger partial charge in [-0.05, 0) is 68.7 Å². The molecule has 0 heterocycles. The maximum atomic E-state index is 11.3. The molecule has 0 bridgehead atoms. The Bertz CT molecular complexity index is 456. The predicted octanol–water partition coefficient (Wildman–Crippen LogP) is 5.82. The highest BCUT2D eigenvalue weighted by molar-refractivity contribution is 8.13. The lowest BCUT2D eigenvalue weighted by molar-refractivity contribution is -0.109. The molecule has 1 aliphatic carbocycles. The van der Waals surface area contributed by atoms with Crippen molar-refractivity contribution >= 4 is 43.0 Å². The first-order valence-corrected chi connectivity index (χ1v) is 15.2. The molecule has 0 aromatic rings. The van der Waals surface area contributed by atoms with Crippen LogP contribution in [-0.2, 0) is 18.4 Å². The molecule has 29 heavy (non-hydrogen) atoms. The van der Waals surface area contributed by atoms with E-state index in [0.717, 1.165) is 62.4 Å². The third kappa shape index (κ3) is 13.2. The Morgan fingerprint density at radius 1 is 0.862 bits per heavy atom. The molecule has 0 aliphatic heterocycles. The highest BCUT2D eigenvalue weighted by atomic mass is 32.2. The molecule has 7 heteroatoms. The second kappa shape index (κ2) is 16.8. The van der Waals surface area contributed by atoms with Gasteiger partial charge in [0.1, 0.15) is 0 Å². The Labute approximate surface area is 188 Å². The zero-order valence-electron chi connectivity index (χ0n) is 19.0. The molecule has 0 spiro atoms. The van der Waals surface area contributed by atoms with E-state index in [1.165, 1.54) is 49.2 Å². The quantitative estimate of drug-likeness (QED) is 0.286. The van der Waals surface area contributed by atoms with Crippen LogP contribution < -0.4 is 0 Å². The van der Waals surface area contributed by atoms with Gasteiger partial charge in [-0.2, -0.15) is 0 Å². The monoisotopic (exact) mass is 462 g/mol. The van der Waals surface area contributed by atoms with Crippen molar-refractivity contribution in [3.63, 3.8) is 0 Å². The van der Waals surface area contributed by atoms with E-state index >= 15 is 0 Å². The van der Waals surface area contributed by atoms with Crippen LogP contribution in [0.25, 0.3) is 0 Å². The third-order valence-electron chi connectivity index (χ3n) is 5.66. The van der Waals surface area contributed by atoms with Crippen molar-refractivity contribution in [1.82, 2.24) is 0 Å². The van der Waals surface area contributed by atoms with Gasteiger partial charge in [0, 0.05) is 38.6 Å². The zero-order valence-corrected chi connectivity index (χ0v) is 21.7. The van der Waals surface area contributed by atoms with Crippen molar-refractivity contribution in [3.05, 3.63) is 0 Å². The summed E-state index contributed by atoms with van der Waals surface area (Å²) >= 11 is 2.92. The topological polar surface area (TPSA) is 52.6 Å². The normalized spacial score (nSPS) is 22.2. The number of rotatable bonds is 15. The van der Waals surface area contributed by atoms with Gasteiger partial charge in [-0.1, -0.05) is 43.8 Å². The van der Waals surface area contributed by atoms with Gasteiger partial charge in [0.05, 0.1) is 0 Å². The molecule has 1 fully saturated rings. The number of hydrogen-bond donors (Lipinski definition) is 0. The molecule has 1 aliphatic rings. The van der Waals surface area contributed by atoms with Crippen LogP contribution in [0.3, 0.4) is 0 Å². The van der Waals surface area contributed by atoms with Gasteiger partial charge in [0.2, 0.25) is 0 Å². The van der Waals surface area contributed by atoms with Gasteiger partial charge in [-0.3, -0.25) is 9.59 Å². The summed E-state index contributed by atoms with van der Waals surface area (Å²) in [4.78, 5) is 22.6. The molecule has 1 rings (SSSR count). The molecule has 0 aromatic carbocycles. The summed E-state index contributed by atoms with van der Waals surface area (Å²) in [5.41, 5.74) is 0. The largest absolute Gasteiger partial charge is 0.397 e. The summed E-state index contributed by atoms with van der Waals surface area (Å²) in [6, 6.07) is 1.12. The third-order valence-corrected chi connectivity index (χ3v) is 9.38. The fourth-order valence-electron chi connectivity index (χ4n) is 4.21. The fraction of sp³-hybridized carbons (Fsp3) is 0.909. The molecule has 4 nitrogen and oxygen atoms in total. The number of carbonyl (C=O) groups is 2. The van der Waals surface area contributed by atoms with Crippen molar-refractivity contribution in [1.29, 1.82) is 0 Å². The SMILES string of the molecule is CCCO[SiH](CCC1CCC(CCSC(C)=O)C(CCSC(C)=O)C1)OCCC. The lowest BCUT2D eigenvalue weighted by Gasteiger charge is -2.37. The van der Waals surface area contributed by atoms with E-state index in [9.17, 15) is 9.59 Å². The summed E-state index contributed by atoms with van der Waals surface area (Å²) < 4.78 is 12.1. The summed E-state index contributed by atoms with van der Waals surface area (Å²) in [5.74, 6) is 4.00. The zero-order chi connectivity index (χ0) is 21.5. The summed E-state index contributed by atoms with van der Waals surface area (Å²) in [6.45, 7) is 9.27. The molecule has 0 amide bonds. The van der Waals surface area contributed by atoms with Gasteiger partial charge in [0.15, 0.2) is 10.2 Å². The maximum Gasteiger partial charge on any atom is 0.321 e. The average Bonchev–Trinajstić information content (AvgIpc) is 2.68. The van der Waals surface area contributed by atoms with Crippen LogP contribution in [-0.4, -0.2) is 44.2 Å². The standard InChI is InChI=1S/C22H42O4S2Si/c1-5-12-25-29(26-13-6-2)16-11-20-7-8-21(9-14-27-18(3)23)22(17-20)10-15-28-19(4)24/h20-22,29H,5-17H2,1-4H3. The first-order chi connectivity index (χ1) is 14.0. The Kier molecular flexibility index (Phi) is 15.8. The lowest BCUT2D eigenvalue weighted by Crippen LogP contribution is -2.29. The van der Waals surface area contributed by atoms with E-state index in [0.29, 0.717) is 11.8 Å². The Morgan fingerprint density at radius 2 is 1.41 bits per heavy atom. The summed E-state index contributed by atoms with van der Waals surface area (Å²) in [5, 5.41) is 0.438. The first kappa shape index (κ1) is 27.2. The van der Waals surface area contributed by atoms with Crippen LogP contribution in [0.2, 0.25) is 6.04 Å². The minimum Gasteiger partial charge on any atom is -0.397 e. The summed E-state index contributed by atoms with van der Waals surface area (Å²) in [6.07, 6.45) is 9.38. The Balaban J connectivity index is 2.52. The van der Waals surface area contributed by atoms with Crippen molar-refractivity contribution in [2.75, 3.05) is 24.7 Å². The van der Waals surface area contributed by atoms with Crippen LogP contribution >= 0.6 is 23.5 Å². The van der Waals surface area contributed by atoms with E-state index in [4.69, 9.17) is 8.85 Å². The molecule has 3 unspecified atom stereocenters. The van der Waals surface area contributed by atoms with Gasteiger partial charge < -0.3 is 8.85 Å². The molecular formula is C22H42O4S2Si. The minimum atomic E-state index is -1.53. The van der Waals surface area contributed by atoms with Gasteiger partial charge in [-0.15, -0.1) is 0 Å². The molecule has 0 aromatic heterocycles. The van der Waals surface area contributed by atoms with Crippen LogP contribution in [0.1, 0.15) is 79.1 Å². The van der Waals surface area contributed by atoms with Crippen molar-refractivity contribution in [3.8, 4) is 0 Å². The maximum absolute atomic E-state index is 11.3. The fourth-order valence-corrected chi connectivity index (χ4v) is 7.80. The predicted molar refractivity (Wildman–Crippen MR) is 129 cm³/mol. The number of carbonyl (C=O) groups excluding carboxylic acids is 2. The molecule has 0 N–H and O–H groups in total. The Hall–Kier alpha value is 0.177. The van der Waals surface area contributed by atoms with Crippen molar-refractivity contribution in [2.45, 2.75) is 85.1 Å². The van der Waals surface area contributed by atoms with Crippen LogP contribution in [0, 0.1) is 17.8 Å². The molecular weight excluding hydrogens is 420 g/mol. The number of hydrogen-bond acceptors (Lipinski definition) is 6. The van der Waals surface area contributed by atoms with Gasteiger partial charge in [0.25, 0.3) is 0 Å². The minimum absolute atomic E-state index is 0.219. The molecule has 3 atom stereocenters. The van der Waals surface area contributed by atoms with Crippen LogP contribution in [0.5, 0.6) is 0 Å². The molecule has 1 saturated carbocycles. The van der Waals surface area contributed by atoms with Gasteiger partial charge in [-0.25, -0.2) is 0 Å². The van der Waals surface area contributed by atoms with Gasteiger partial charge >= 0.3 is 9.28 Å². The summed E-state index contributed by atoms with van der Waals surface area (Å²) in [7, 11) is -1.53.